The first-order valence-electron chi connectivity index (χ1n) is 7.88. The third-order valence-corrected chi connectivity index (χ3v) is 4.22. The summed E-state index contributed by atoms with van der Waals surface area (Å²) < 4.78 is 10.4. The third-order valence-electron chi connectivity index (χ3n) is 4.22. The van der Waals surface area contributed by atoms with Crippen LogP contribution >= 0.6 is 0 Å². The molecule has 0 radical (unpaired) electrons. The Balaban J connectivity index is 1.55. The normalized spacial score (nSPS) is 21.2. The number of carbonyl (C=O) groups excluding carboxylic acids is 2. The molecule has 1 fully saturated rings. The second kappa shape index (κ2) is 6.48. The summed E-state index contributed by atoms with van der Waals surface area (Å²) in [6.07, 6.45) is 3.51. The van der Waals surface area contributed by atoms with Crippen molar-refractivity contribution in [1.29, 1.82) is 0 Å². The molecule has 0 unspecified atom stereocenters. The first-order valence-corrected chi connectivity index (χ1v) is 7.88. The maximum Gasteiger partial charge on any atom is 0.336 e. The Labute approximate surface area is 130 Å². The summed E-state index contributed by atoms with van der Waals surface area (Å²) in [4.78, 5) is 24.0. The topological polar surface area (TPSA) is 64.6 Å². The van der Waals surface area contributed by atoms with Crippen molar-refractivity contribution in [2.45, 2.75) is 51.2 Å². The minimum Gasteiger partial charge on any atom is -0.451 e. The zero-order valence-electron chi connectivity index (χ0n) is 12.8. The largest absolute Gasteiger partial charge is 0.451 e. The van der Waals surface area contributed by atoms with Gasteiger partial charge in [-0.05, 0) is 62.3 Å². The number of fused-ring (bicyclic) bond motifs is 1. The van der Waals surface area contributed by atoms with Crippen LogP contribution in [0.5, 0.6) is 0 Å². The predicted molar refractivity (Wildman–Crippen MR) is 81.6 cm³/mol. The maximum atomic E-state index is 12.1. The number of nitrogens with one attached hydrogen (secondary N) is 1. The minimum absolute atomic E-state index is 0.315. The number of ether oxygens (including phenoxy) is 2. The third kappa shape index (κ3) is 3.30. The predicted octanol–water partition coefficient (Wildman–Crippen LogP) is 2.22. The Morgan fingerprint density at radius 1 is 1.27 bits per heavy atom. The zero-order valence-corrected chi connectivity index (χ0v) is 12.8. The van der Waals surface area contributed by atoms with Gasteiger partial charge in [-0.3, -0.25) is 4.79 Å². The Bertz CT molecular complexity index is 578. The van der Waals surface area contributed by atoms with E-state index in [1.54, 1.807) is 6.92 Å². The van der Waals surface area contributed by atoms with Crippen LogP contribution in [0.15, 0.2) is 18.2 Å². The van der Waals surface area contributed by atoms with Crippen molar-refractivity contribution < 1.29 is 19.1 Å². The van der Waals surface area contributed by atoms with Crippen molar-refractivity contribution in [3.05, 3.63) is 29.3 Å². The molecular formula is C17H21NO4. The van der Waals surface area contributed by atoms with Crippen LogP contribution in [0.1, 0.15) is 37.3 Å². The summed E-state index contributed by atoms with van der Waals surface area (Å²) in [5.74, 6) is -0.765. The highest BCUT2D eigenvalue weighted by atomic mass is 16.6. The molecule has 0 saturated carbocycles. The van der Waals surface area contributed by atoms with Gasteiger partial charge >= 0.3 is 5.97 Å². The fourth-order valence-corrected chi connectivity index (χ4v) is 2.96. The Morgan fingerprint density at radius 2 is 2.09 bits per heavy atom. The van der Waals surface area contributed by atoms with Crippen molar-refractivity contribution in [1.82, 2.24) is 0 Å². The van der Waals surface area contributed by atoms with Crippen LogP contribution < -0.4 is 5.32 Å². The van der Waals surface area contributed by atoms with Gasteiger partial charge in [-0.15, -0.1) is 0 Å². The lowest BCUT2D eigenvalue weighted by molar-refractivity contribution is -0.162. The van der Waals surface area contributed by atoms with E-state index in [-0.39, 0.29) is 5.91 Å². The van der Waals surface area contributed by atoms with Crippen LogP contribution in [0.4, 0.5) is 5.69 Å². The van der Waals surface area contributed by atoms with E-state index >= 15 is 0 Å². The highest BCUT2D eigenvalue weighted by Crippen LogP contribution is 2.25. The number of carbonyl (C=O) groups is 2. The van der Waals surface area contributed by atoms with E-state index in [1.807, 2.05) is 12.1 Å². The van der Waals surface area contributed by atoms with Crippen molar-refractivity contribution in [3.8, 4) is 0 Å². The molecule has 5 heteroatoms. The van der Waals surface area contributed by atoms with Crippen molar-refractivity contribution in [2.24, 2.45) is 0 Å². The van der Waals surface area contributed by atoms with Crippen molar-refractivity contribution >= 4 is 17.6 Å². The first-order chi connectivity index (χ1) is 10.6. The molecule has 0 spiro atoms. The summed E-state index contributed by atoms with van der Waals surface area (Å²) in [7, 11) is 0. The molecule has 1 aromatic rings. The molecule has 0 bridgehead atoms. The van der Waals surface area contributed by atoms with Gasteiger partial charge in [0.15, 0.2) is 12.2 Å². The molecule has 1 aromatic carbocycles. The van der Waals surface area contributed by atoms with Crippen LogP contribution in [-0.2, 0) is 31.9 Å². The van der Waals surface area contributed by atoms with E-state index in [9.17, 15) is 9.59 Å². The van der Waals surface area contributed by atoms with Crippen molar-refractivity contribution in [2.75, 3.05) is 11.9 Å². The summed E-state index contributed by atoms with van der Waals surface area (Å²) in [5, 5.41) is 2.81. The van der Waals surface area contributed by atoms with Crippen molar-refractivity contribution in [3.63, 3.8) is 0 Å². The quantitative estimate of drug-likeness (QED) is 0.866. The SMILES string of the molecule is C[C@@H](OC(=O)[C@@H]1CCCO1)C(=O)Nc1ccc2c(c1)CCC2. The molecule has 1 N–H and O–H groups in total. The minimum atomic E-state index is -0.829. The molecule has 5 nitrogen and oxygen atoms in total. The lowest BCUT2D eigenvalue weighted by atomic mass is 10.1. The highest BCUT2D eigenvalue weighted by molar-refractivity contribution is 5.95. The highest BCUT2D eigenvalue weighted by Gasteiger charge is 2.28. The Morgan fingerprint density at radius 3 is 2.86 bits per heavy atom. The standard InChI is InChI=1S/C17H21NO4/c1-11(22-17(20)15-6-3-9-21-15)16(19)18-14-8-7-12-4-2-5-13(12)10-14/h7-8,10-11,15H,2-6,9H2,1H3,(H,18,19)/t11-,15+/m1/s1. The van der Waals surface area contributed by atoms with E-state index < -0.39 is 18.2 Å². The van der Waals surface area contributed by atoms with Gasteiger partial charge in [0, 0.05) is 12.3 Å². The van der Waals surface area contributed by atoms with Crippen LogP contribution in [0.3, 0.4) is 0 Å². The van der Waals surface area contributed by atoms with Crippen LogP contribution in [0, 0.1) is 0 Å². The molecule has 118 valence electrons. The number of aryl methyl sites for hydroxylation is 2. The van der Waals surface area contributed by atoms with Gasteiger partial charge in [0.1, 0.15) is 0 Å². The molecule has 3 rings (SSSR count). The fourth-order valence-electron chi connectivity index (χ4n) is 2.96. The summed E-state index contributed by atoms with van der Waals surface area (Å²) in [6.45, 7) is 2.16. The van der Waals surface area contributed by atoms with Crippen LogP contribution in [-0.4, -0.2) is 30.7 Å². The van der Waals surface area contributed by atoms with Gasteiger partial charge < -0.3 is 14.8 Å². The fraction of sp³-hybridized carbons (Fsp3) is 0.529. The van der Waals surface area contributed by atoms with Gasteiger partial charge in [-0.2, -0.15) is 0 Å². The van der Waals surface area contributed by atoms with Gasteiger partial charge in [0.2, 0.25) is 0 Å². The van der Waals surface area contributed by atoms with E-state index in [1.165, 1.54) is 17.5 Å². The molecule has 2 atom stereocenters. The molecule has 22 heavy (non-hydrogen) atoms. The van der Waals surface area contributed by atoms with E-state index in [0.29, 0.717) is 13.0 Å². The second-order valence-corrected chi connectivity index (χ2v) is 5.91. The molecule has 1 saturated heterocycles. The van der Waals surface area contributed by atoms with Crippen LogP contribution in [0.2, 0.25) is 0 Å². The first kappa shape index (κ1) is 15.0. The number of amides is 1. The van der Waals surface area contributed by atoms with E-state index in [4.69, 9.17) is 9.47 Å². The van der Waals surface area contributed by atoms with E-state index in [2.05, 4.69) is 11.4 Å². The molecule has 1 heterocycles. The maximum absolute atomic E-state index is 12.1. The number of hydrogen-bond acceptors (Lipinski definition) is 4. The molecule has 2 aliphatic rings. The number of anilines is 1. The number of rotatable bonds is 4. The monoisotopic (exact) mass is 303 g/mol. The van der Waals surface area contributed by atoms with Gasteiger partial charge in [0.25, 0.3) is 5.91 Å². The Hall–Kier alpha value is -1.88. The number of hydrogen-bond donors (Lipinski definition) is 1. The number of benzene rings is 1. The average Bonchev–Trinajstić information content (AvgIpc) is 3.18. The molecule has 1 amide bonds. The molecule has 0 aromatic heterocycles. The average molecular weight is 303 g/mol. The van der Waals surface area contributed by atoms with E-state index in [0.717, 1.165) is 24.9 Å². The second-order valence-electron chi connectivity index (χ2n) is 5.91. The Kier molecular flexibility index (Phi) is 4.43. The molecule has 1 aliphatic heterocycles. The summed E-state index contributed by atoms with van der Waals surface area (Å²) in [6, 6.07) is 5.96. The molecular weight excluding hydrogens is 282 g/mol. The zero-order chi connectivity index (χ0) is 15.5. The molecule has 1 aliphatic carbocycles. The van der Waals surface area contributed by atoms with Crippen LogP contribution in [0.25, 0.3) is 0 Å². The summed E-state index contributed by atoms with van der Waals surface area (Å²) >= 11 is 0. The smallest absolute Gasteiger partial charge is 0.336 e. The summed E-state index contributed by atoms with van der Waals surface area (Å²) in [5.41, 5.74) is 3.41. The van der Waals surface area contributed by atoms with Gasteiger partial charge in [-0.25, -0.2) is 4.79 Å². The lowest BCUT2D eigenvalue weighted by Gasteiger charge is -2.16. The number of esters is 1. The van der Waals surface area contributed by atoms with Gasteiger partial charge in [-0.1, -0.05) is 6.07 Å². The van der Waals surface area contributed by atoms with Gasteiger partial charge in [0.05, 0.1) is 0 Å². The lowest BCUT2D eigenvalue weighted by Crippen LogP contribution is -2.34.